The van der Waals surface area contributed by atoms with Gasteiger partial charge in [-0.3, -0.25) is 0 Å². The van der Waals surface area contributed by atoms with Crippen LogP contribution in [-0.2, 0) is 16.2 Å². The Bertz CT molecular complexity index is 3580. The molecule has 1 heterocycles. The Morgan fingerprint density at radius 2 is 0.774 bits per heavy atom. The first-order chi connectivity index (χ1) is 30.0. The predicted octanol–water partition coefficient (Wildman–Crippen LogP) is 16.5. The molecule has 1 nitrogen and oxygen atoms in total. The fourth-order valence-corrected chi connectivity index (χ4v) is 12.9. The van der Waals surface area contributed by atoms with Crippen molar-refractivity contribution in [1.82, 2.24) is 4.98 Å². The van der Waals surface area contributed by atoms with Crippen molar-refractivity contribution < 1.29 is 0 Å². The Morgan fingerprint density at radius 1 is 0.339 bits per heavy atom. The third kappa shape index (κ3) is 4.71. The minimum absolute atomic E-state index is 0.119. The van der Waals surface area contributed by atoms with Gasteiger partial charge < -0.3 is 0 Å². The molecular formula is C60H45NS. The van der Waals surface area contributed by atoms with E-state index in [-0.39, 0.29) is 16.2 Å². The van der Waals surface area contributed by atoms with E-state index in [1.165, 1.54) is 115 Å². The van der Waals surface area contributed by atoms with E-state index in [1.54, 1.807) is 11.3 Å². The molecule has 0 atom stereocenters. The van der Waals surface area contributed by atoms with Crippen molar-refractivity contribution in [2.75, 3.05) is 0 Å². The summed E-state index contributed by atoms with van der Waals surface area (Å²) in [6.07, 6.45) is 0. The molecule has 0 amide bonds. The van der Waals surface area contributed by atoms with Crippen molar-refractivity contribution in [2.24, 2.45) is 0 Å². The largest absolute Gasteiger partial charge is 0.236 e. The summed E-state index contributed by atoms with van der Waals surface area (Å²) >= 11 is 1.78. The van der Waals surface area contributed by atoms with Crippen molar-refractivity contribution in [1.29, 1.82) is 0 Å². The zero-order valence-electron chi connectivity index (χ0n) is 35.9. The molecule has 62 heavy (non-hydrogen) atoms. The van der Waals surface area contributed by atoms with Gasteiger partial charge in [-0.25, -0.2) is 4.98 Å². The molecule has 2 heteroatoms. The zero-order valence-corrected chi connectivity index (χ0v) is 36.8. The number of benzene rings is 9. The molecule has 0 aliphatic heterocycles. The Kier molecular flexibility index (Phi) is 7.14. The van der Waals surface area contributed by atoms with Crippen LogP contribution in [0.15, 0.2) is 164 Å². The minimum atomic E-state index is -0.152. The van der Waals surface area contributed by atoms with Crippen LogP contribution in [0.25, 0.3) is 98.0 Å². The monoisotopic (exact) mass is 811 g/mol. The van der Waals surface area contributed by atoms with Crippen LogP contribution in [0.4, 0.5) is 0 Å². The lowest BCUT2D eigenvalue weighted by atomic mass is 9.77. The maximum Gasteiger partial charge on any atom is 0.124 e. The van der Waals surface area contributed by atoms with E-state index in [4.69, 9.17) is 4.98 Å². The first-order valence-electron chi connectivity index (χ1n) is 22.0. The molecule has 13 rings (SSSR count). The van der Waals surface area contributed by atoms with Crippen LogP contribution >= 0.6 is 11.3 Å². The van der Waals surface area contributed by atoms with Gasteiger partial charge in [-0.05, 0) is 153 Å². The van der Waals surface area contributed by atoms with E-state index >= 15 is 0 Å². The van der Waals surface area contributed by atoms with Gasteiger partial charge in [0.2, 0.25) is 0 Å². The average molecular weight is 812 g/mol. The maximum absolute atomic E-state index is 5.21. The second kappa shape index (κ2) is 12.3. The molecule has 0 N–H and O–H groups in total. The van der Waals surface area contributed by atoms with Crippen LogP contribution in [0.3, 0.4) is 0 Å². The zero-order chi connectivity index (χ0) is 41.9. The van der Waals surface area contributed by atoms with Crippen LogP contribution < -0.4 is 0 Å². The number of fused-ring (bicyclic) bond motifs is 12. The maximum atomic E-state index is 5.21. The van der Waals surface area contributed by atoms with E-state index in [0.29, 0.717) is 0 Å². The van der Waals surface area contributed by atoms with Gasteiger partial charge in [0.05, 0.1) is 10.2 Å². The number of aromatic nitrogens is 1. The topological polar surface area (TPSA) is 12.9 Å². The van der Waals surface area contributed by atoms with Crippen molar-refractivity contribution in [3.63, 3.8) is 0 Å². The Morgan fingerprint density at radius 3 is 1.35 bits per heavy atom. The molecule has 0 saturated heterocycles. The van der Waals surface area contributed by atoms with Crippen molar-refractivity contribution >= 4 is 43.1 Å². The van der Waals surface area contributed by atoms with Gasteiger partial charge in [0.15, 0.2) is 0 Å². The van der Waals surface area contributed by atoms with Gasteiger partial charge in [-0.15, -0.1) is 11.3 Å². The molecule has 0 fully saturated rings. The Labute approximate surface area is 367 Å². The molecule has 0 saturated carbocycles. The highest BCUT2D eigenvalue weighted by molar-refractivity contribution is 7.21. The van der Waals surface area contributed by atoms with Gasteiger partial charge in [0.25, 0.3) is 0 Å². The van der Waals surface area contributed by atoms with Crippen LogP contribution in [0.5, 0.6) is 0 Å². The summed E-state index contributed by atoms with van der Waals surface area (Å²) in [7, 11) is 0. The molecule has 10 aromatic rings. The van der Waals surface area contributed by atoms with Gasteiger partial charge in [0.1, 0.15) is 5.01 Å². The summed E-state index contributed by atoms with van der Waals surface area (Å²) in [6.45, 7) is 14.4. The third-order valence-electron chi connectivity index (χ3n) is 15.1. The molecule has 0 bridgehead atoms. The van der Waals surface area contributed by atoms with Crippen molar-refractivity contribution in [3.05, 3.63) is 197 Å². The van der Waals surface area contributed by atoms with Gasteiger partial charge in [-0.2, -0.15) is 0 Å². The molecule has 9 aromatic carbocycles. The lowest BCUT2D eigenvalue weighted by molar-refractivity contribution is 0.660. The van der Waals surface area contributed by atoms with E-state index in [0.717, 1.165) is 16.1 Å². The van der Waals surface area contributed by atoms with Crippen LogP contribution in [-0.4, -0.2) is 4.98 Å². The lowest BCUT2D eigenvalue weighted by Crippen LogP contribution is -2.15. The first-order valence-corrected chi connectivity index (χ1v) is 22.9. The number of para-hydroxylation sites is 1. The number of hydrogen-bond donors (Lipinski definition) is 0. The van der Waals surface area contributed by atoms with Crippen LogP contribution in [0.2, 0.25) is 0 Å². The van der Waals surface area contributed by atoms with E-state index in [1.807, 2.05) is 0 Å². The SMILES string of the molecule is CC1(C)c2ccccc2-c2ccc(-c3c4ccc(-c5nc6ccccc6s5)cc4c(-c4ccc5c(c4)C(C)(C)c4ccccc4-5)c4cc5c(cc34)-c3ccccc3C5(C)C)cc21. The predicted molar refractivity (Wildman–Crippen MR) is 264 cm³/mol. The van der Waals surface area contributed by atoms with Crippen molar-refractivity contribution in [2.45, 2.75) is 57.8 Å². The first kappa shape index (κ1) is 36.1. The quantitative estimate of drug-likeness (QED) is 0.162. The number of rotatable bonds is 3. The number of hydrogen-bond acceptors (Lipinski definition) is 2. The summed E-state index contributed by atoms with van der Waals surface area (Å²) in [5, 5.41) is 6.16. The Hall–Kier alpha value is -6.61. The summed E-state index contributed by atoms with van der Waals surface area (Å²) in [5.74, 6) is 0. The highest BCUT2D eigenvalue weighted by Gasteiger charge is 2.39. The molecule has 0 spiro atoms. The van der Waals surface area contributed by atoms with Crippen molar-refractivity contribution in [3.8, 4) is 66.2 Å². The Balaban J connectivity index is 1.17. The average Bonchev–Trinajstić information content (AvgIpc) is 3.96. The molecule has 0 unspecified atom stereocenters. The fourth-order valence-electron chi connectivity index (χ4n) is 11.9. The van der Waals surface area contributed by atoms with Crippen LogP contribution in [0.1, 0.15) is 74.9 Å². The van der Waals surface area contributed by atoms with E-state index in [9.17, 15) is 0 Å². The standard InChI is InChI=1S/C60H45NS/c1-58(2)47-18-10-7-15-37(47)40-26-23-34(30-50(40)58)55-42-28-25-36(57-61-53-21-13-14-22-54(53)62-57)29-44(42)56(35-24-27-41-38-16-8-11-19-48(38)59(3,4)51(41)31-35)46-33-52-43(32-45(46)55)39-17-9-12-20-49(39)60(52,5)6/h7-33H,1-6H3. The summed E-state index contributed by atoms with van der Waals surface area (Å²) < 4.78 is 1.21. The summed E-state index contributed by atoms with van der Waals surface area (Å²) in [6, 6.07) is 62.5. The highest BCUT2D eigenvalue weighted by atomic mass is 32.1. The second-order valence-corrected chi connectivity index (χ2v) is 20.5. The number of nitrogens with zero attached hydrogens (tertiary/aromatic N) is 1. The highest BCUT2D eigenvalue weighted by Crippen LogP contribution is 2.56. The van der Waals surface area contributed by atoms with Gasteiger partial charge in [0, 0.05) is 21.8 Å². The summed E-state index contributed by atoms with van der Waals surface area (Å²) in [5.41, 5.74) is 23.3. The molecule has 3 aliphatic rings. The fraction of sp³-hybridized carbons (Fsp3) is 0.150. The molecule has 1 aromatic heterocycles. The second-order valence-electron chi connectivity index (χ2n) is 19.5. The van der Waals surface area contributed by atoms with E-state index in [2.05, 4.69) is 205 Å². The molecule has 0 radical (unpaired) electrons. The number of thiazole rings is 1. The van der Waals surface area contributed by atoms with Gasteiger partial charge >= 0.3 is 0 Å². The molecular weight excluding hydrogens is 767 g/mol. The minimum Gasteiger partial charge on any atom is -0.236 e. The van der Waals surface area contributed by atoms with Gasteiger partial charge in [-0.1, -0.05) is 163 Å². The summed E-state index contributed by atoms with van der Waals surface area (Å²) in [4.78, 5) is 5.21. The van der Waals surface area contributed by atoms with Crippen LogP contribution in [0, 0.1) is 0 Å². The normalized spacial score (nSPS) is 15.6. The molecule has 296 valence electrons. The smallest absolute Gasteiger partial charge is 0.124 e. The lowest BCUT2D eigenvalue weighted by Gasteiger charge is -2.25. The molecule has 3 aliphatic carbocycles. The van der Waals surface area contributed by atoms with E-state index < -0.39 is 0 Å². The third-order valence-corrected chi connectivity index (χ3v) is 16.2.